The molecule has 2 amide bonds. The summed E-state index contributed by atoms with van der Waals surface area (Å²) >= 11 is 1.35. The van der Waals surface area contributed by atoms with Gasteiger partial charge in [-0.15, -0.1) is 11.3 Å². The van der Waals surface area contributed by atoms with Crippen molar-refractivity contribution in [3.05, 3.63) is 47.2 Å². The van der Waals surface area contributed by atoms with Gasteiger partial charge in [0.1, 0.15) is 5.82 Å². The smallest absolute Gasteiger partial charge is 0.256 e. The SMILES string of the molecule is O=C(Nc1nccs1)[C@H]1CCCN(C(=O)c2ccccc2F)C1. The second kappa shape index (κ2) is 6.87. The van der Waals surface area contributed by atoms with E-state index >= 15 is 0 Å². The summed E-state index contributed by atoms with van der Waals surface area (Å²) in [6.45, 7) is 0.832. The van der Waals surface area contributed by atoms with E-state index in [9.17, 15) is 14.0 Å². The Morgan fingerprint density at radius 1 is 1.35 bits per heavy atom. The number of anilines is 1. The van der Waals surface area contributed by atoms with Crippen molar-refractivity contribution in [1.82, 2.24) is 9.88 Å². The molecule has 120 valence electrons. The van der Waals surface area contributed by atoms with Gasteiger partial charge >= 0.3 is 0 Å². The van der Waals surface area contributed by atoms with Crippen molar-refractivity contribution in [2.75, 3.05) is 18.4 Å². The van der Waals surface area contributed by atoms with Gasteiger partial charge in [0.05, 0.1) is 11.5 Å². The molecule has 0 saturated carbocycles. The summed E-state index contributed by atoms with van der Waals surface area (Å²) in [6.07, 6.45) is 3.05. The zero-order chi connectivity index (χ0) is 16.2. The Balaban J connectivity index is 1.67. The van der Waals surface area contributed by atoms with Gasteiger partial charge < -0.3 is 10.2 Å². The molecule has 3 rings (SSSR count). The number of carbonyl (C=O) groups excluding carboxylic acids is 2. The number of nitrogens with zero attached hydrogens (tertiary/aromatic N) is 2. The van der Waals surface area contributed by atoms with Crippen LogP contribution in [-0.2, 0) is 4.79 Å². The fourth-order valence-corrected chi connectivity index (χ4v) is 3.21. The summed E-state index contributed by atoms with van der Waals surface area (Å²) in [7, 11) is 0. The number of aromatic nitrogens is 1. The molecule has 23 heavy (non-hydrogen) atoms. The Bertz CT molecular complexity index is 705. The molecule has 1 aromatic carbocycles. The van der Waals surface area contributed by atoms with Crippen molar-refractivity contribution in [2.45, 2.75) is 12.8 Å². The van der Waals surface area contributed by atoms with Crippen molar-refractivity contribution in [3.63, 3.8) is 0 Å². The number of carbonyl (C=O) groups is 2. The number of benzene rings is 1. The molecule has 5 nitrogen and oxygen atoms in total. The third-order valence-corrected chi connectivity index (χ3v) is 4.53. The molecule has 1 aliphatic heterocycles. The molecule has 0 bridgehead atoms. The van der Waals surface area contributed by atoms with Crippen LogP contribution in [0.4, 0.5) is 9.52 Å². The van der Waals surface area contributed by atoms with Gasteiger partial charge in [-0.05, 0) is 25.0 Å². The predicted octanol–water partition coefficient (Wildman–Crippen LogP) is 2.77. The number of hydrogen-bond acceptors (Lipinski definition) is 4. The maximum atomic E-state index is 13.8. The number of nitrogens with one attached hydrogen (secondary N) is 1. The normalized spacial score (nSPS) is 17.8. The Morgan fingerprint density at radius 3 is 2.91 bits per heavy atom. The van der Waals surface area contributed by atoms with E-state index in [2.05, 4.69) is 10.3 Å². The van der Waals surface area contributed by atoms with Crippen LogP contribution >= 0.6 is 11.3 Å². The van der Waals surface area contributed by atoms with Crippen LogP contribution in [-0.4, -0.2) is 34.8 Å². The minimum absolute atomic E-state index is 0.0495. The molecule has 0 aliphatic carbocycles. The van der Waals surface area contributed by atoms with E-state index in [4.69, 9.17) is 0 Å². The summed E-state index contributed by atoms with van der Waals surface area (Å²) in [5.41, 5.74) is 0.0495. The summed E-state index contributed by atoms with van der Waals surface area (Å²) < 4.78 is 13.8. The molecule has 7 heteroatoms. The second-order valence-corrected chi connectivity index (χ2v) is 6.29. The van der Waals surface area contributed by atoms with Gasteiger partial charge in [-0.1, -0.05) is 12.1 Å². The van der Waals surface area contributed by atoms with Gasteiger partial charge in [-0.3, -0.25) is 9.59 Å². The largest absolute Gasteiger partial charge is 0.338 e. The standard InChI is InChI=1S/C16H16FN3O2S/c17-13-6-2-1-5-12(13)15(22)20-8-3-4-11(10-20)14(21)19-16-18-7-9-23-16/h1-2,5-7,9,11H,3-4,8,10H2,(H,18,19,21)/t11-/m0/s1. The number of hydrogen-bond donors (Lipinski definition) is 1. The van der Waals surface area contributed by atoms with Crippen LogP contribution in [0.3, 0.4) is 0 Å². The lowest BCUT2D eigenvalue weighted by Crippen LogP contribution is -2.44. The molecule has 1 fully saturated rings. The first-order valence-corrected chi connectivity index (χ1v) is 8.27. The summed E-state index contributed by atoms with van der Waals surface area (Å²) in [4.78, 5) is 30.3. The maximum Gasteiger partial charge on any atom is 0.256 e. The first kappa shape index (κ1) is 15.6. The number of likely N-dealkylation sites (tertiary alicyclic amines) is 1. The van der Waals surface area contributed by atoms with Crippen LogP contribution in [0, 0.1) is 11.7 Å². The van der Waals surface area contributed by atoms with Gasteiger partial charge in [0, 0.05) is 24.7 Å². The first-order chi connectivity index (χ1) is 11.1. The quantitative estimate of drug-likeness (QED) is 0.939. The third-order valence-electron chi connectivity index (χ3n) is 3.85. The predicted molar refractivity (Wildman–Crippen MR) is 85.8 cm³/mol. The van der Waals surface area contributed by atoms with E-state index in [-0.39, 0.29) is 23.3 Å². The van der Waals surface area contributed by atoms with E-state index in [0.29, 0.717) is 24.6 Å². The molecule has 2 heterocycles. The molecular formula is C16H16FN3O2S. The fraction of sp³-hybridized carbons (Fsp3) is 0.312. The van der Waals surface area contributed by atoms with E-state index in [1.807, 2.05) is 0 Å². The van der Waals surface area contributed by atoms with E-state index in [1.54, 1.807) is 28.6 Å². The lowest BCUT2D eigenvalue weighted by atomic mass is 9.96. The van der Waals surface area contributed by atoms with Gasteiger partial charge in [0.15, 0.2) is 5.13 Å². The van der Waals surface area contributed by atoms with Gasteiger partial charge in [0.25, 0.3) is 5.91 Å². The van der Waals surface area contributed by atoms with Gasteiger partial charge in [-0.25, -0.2) is 9.37 Å². The number of thiazole rings is 1. The molecule has 1 aliphatic rings. The summed E-state index contributed by atoms with van der Waals surface area (Å²) in [5, 5.41) is 5.09. The highest BCUT2D eigenvalue weighted by Gasteiger charge is 2.30. The average Bonchev–Trinajstić information content (AvgIpc) is 3.08. The third kappa shape index (κ3) is 3.56. The van der Waals surface area contributed by atoms with E-state index < -0.39 is 5.82 Å². The summed E-state index contributed by atoms with van der Waals surface area (Å²) in [5.74, 6) is -1.35. The molecule has 1 saturated heterocycles. The van der Waals surface area contributed by atoms with Crippen molar-refractivity contribution < 1.29 is 14.0 Å². The Labute approximate surface area is 137 Å². The molecule has 0 radical (unpaired) electrons. The van der Waals surface area contributed by atoms with Crippen molar-refractivity contribution in [2.24, 2.45) is 5.92 Å². The van der Waals surface area contributed by atoms with Gasteiger partial charge in [-0.2, -0.15) is 0 Å². The Morgan fingerprint density at radius 2 is 2.17 bits per heavy atom. The zero-order valence-electron chi connectivity index (χ0n) is 12.4. The molecule has 1 N–H and O–H groups in total. The van der Waals surface area contributed by atoms with Crippen LogP contribution < -0.4 is 5.32 Å². The van der Waals surface area contributed by atoms with Crippen molar-refractivity contribution in [1.29, 1.82) is 0 Å². The van der Waals surface area contributed by atoms with Crippen LogP contribution in [0.5, 0.6) is 0 Å². The minimum atomic E-state index is -0.535. The fourth-order valence-electron chi connectivity index (χ4n) is 2.67. The number of amides is 2. The van der Waals surface area contributed by atoms with E-state index in [0.717, 1.165) is 6.42 Å². The molecule has 1 aromatic heterocycles. The molecule has 2 aromatic rings. The van der Waals surface area contributed by atoms with Crippen LogP contribution in [0.15, 0.2) is 35.8 Å². The highest BCUT2D eigenvalue weighted by atomic mass is 32.1. The lowest BCUT2D eigenvalue weighted by molar-refractivity contribution is -0.121. The minimum Gasteiger partial charge on any atom is -0.338 e. The van der Waals surface area contributed by atoms with Crippen molar-refractivity contribution >= 4 is 28.3 Å². The van der Waals surface area contributed by atoms with Crippen LogP contribution in [0.1, 0.15) is 23.2 Å². The van der Waals surface area contributed by atoms with Crippen molar-refractivity contribution in [3.8, 4) is 0 Å². The summed E-state index contributed by atoms with van der Waals surface area (Å²) in [6, 6.07) is 5.92. The Hall–Kier alpha value is -2.28. The topological polar surface area (TPSA) is 62.3 Å². The highest BCUT2D eigenvalue weighted by Crippen LogP contribution is 2.22. The Kier molecular flexibility index (Phi) is 4.66. The number of rotatable bonds is 3. The van der Waals surface area contributed by atoms with E-state index in [1.165, 1.54) is 23.5 Å². The average molecular weight is 333 g/mol. The molecule has 1 atom stereocenters. The molecular weight excluding hydrogens is 317 g/mol. The lowest BCUT2D eigenvalue weighted by Gasteiger charge is -2.32. The zero-order valence-corrected chi connectivity index (χ0v) is 13.2. The second-order valence-electron chi connectivity index (χ2n) is 5.40. The number of halogens is 1. The monoisotopic (exact) mass is 333 g/mol. The number of piperidine rings is 1. The highest BCUT2D eigenvalue weighted by molar-refractivity contribution is 7.13. The van der Waals surface area contributed by atoms with Gasteiger partial charge in [0.2, 0.25) is 5.91 Å². The van der Waals surface area contributed by atoms with Crippen LogP contribution in [0.25, 0.3) is 0 Å². The molecule has 0 unspecified atom stereocenters. The molecule has 0 spiro atoms. The maximum absolute atomic E-state index is 13.8. The first-order valence-electron chi connectivity index (χ1n) is 7.39. The van der Waals surface area contributed by atoms with Crippen LogP contribution in [0.2, 0.25) is 0 Å².